The first-order valence-corrected chi connectivity index (χ1v) is 7.35. The summed E-state index contributed by atoms with van der Waals surface area (Å²) in [5.74, 6) is -2.35. The minimum Gasteiger partial charge on any atom is -0.368 e. The molecule has 0 spiro atoms. The molecule has 25 heavy (non-hydrogen) atoms. The van der Waals surface area contributed by atoms with Crippen molar-refractivity contribution < 1.29 is 26.3 Å². The molecule has 0 bridgehead atoms. The number of hydrogen-bond acceptors (Lipinski definition) is 3. The molecule has 0 aliphatic carbocycles. The average molecular weight is 428 g/mol. The smallest absolute Gasteiger partial charge is 0.368 e. The molecular weight excluding hydrogens is 421 g/mol. The number of halogens is 9. The van der Waals surface area contributed by atoms with Crippen LogP contribution >= 0.6 is 34.8 Å². The van der Waals surface area contributed by atoms with E-state index in [1.165, 1.54) is 0 Å². The third-order valence-corrected chi connectivity index (χ3v) is 4.20. The van der Waals surface area contributed by atoms with Crippen LogP contribution in [0.25, 0.3) is 5.69 Å². The van der Waals surface area contributed by atoms with E-state index in [2.05, 4.69) is 10.1 Å². The van der Waals surface area contributed by atoms with Gasteiger partial charge in [-0.15, -0.1) is 5.10 Å². The Morgan fingerprint density at radius 3 is 1.80 bits per heavy atom. The molecule has 13 heteroatoms. The Morgan fingerprint density at radius 1 is 0.960 bits per heavy atom. The molecule has 1 aromatic carbocycles. The van der Waals surface area contributed by atoms with E-state index in [0.29, 0.717) is 4.68 Å². The Bertz CT molecular complexity index is 777. The highest BCUT2D eigenvalue weighted by molar-refractivity contribution is 6.40. The Labute approximate surface area is 151 Å². The lowest BCUT2D eigenvalue weighted by molar-refractivity contribution is -0.299. The van der Waals surface area contributed by atoms with Crippen molar-refractivity contribution in [2.45, 2.75) is 24.7 Å². The molecular formula is C12H7Cl3F6N4. The van der Waals surface area contributed by atoms with Crippen molar-refractivity contribution in [3.8, 4) is 5.69 Å². The standard InChI is InChI=1S/C12H7Cl3F6N4/c1-10(11(16,17)18,12(19,20)21)8-23-9(22)25(24-8)7-5(14)2-4(13)3-6(7)15/h2-3H,1H3,(H2,22,23,24). The topological polar surface area (TPSA) is 56.7 Å². The van der Waals surface area contributed by atoms with Crippen molar-refractivity contribution in [1.82, 2.24) is 14.8 Å². The number of nitrogens with zero attached hydrogens (tertiary/aromatic N) is 3. The zero-order chi connectivity index (χ0) is 19.4. The third-order valence-electron chi connectivity index (χ3n) is 3.41. The molecule has 0 amide bonds. The summed E-state index contributed by atoms with van der Waals surface area (Å²) in [4.78, 5) is 3.14. The van der Waals surface area contributed by atoms with Gasteiger partial charge in [-0.1, -0.05) is 34.8 Å². The summed E-state index contributed by atoms with van der Waals surface area (Å²) < 4.78 is 79.2. The second-order valence-electron chi connectivity index (χ2n) is 5.04. The van der Waals surface area contributed by atoms with Crippen LogP contribution in [0.4, 0.5) is 32.3 Å². The van der Waals surface area contributed by atoms with Crippen molar-refractivity contribution >= 4 is 40.8 Å². The van der Waals surface area contributed by atoms with Crippen LogP contribution in [0.1, 0.15) is 12.7 Å². The monoisotopic (exact) mass is 426 g/mol. The minimum atomic E-state index is -5.72. The van der Waals surface area contributed by atoms with Crippen LogP contribution in [0, 0.1) is 0 Å². The first-order chi connectivity index (χ1) is 11.2. The fourth-order valence-corrected chi connectivity index (χ4v) is 2.83. The van der Waals surface area contributed by atoms with Crippen LogP contribution in [-0.4, -0.2) is 27.1 Å². The van der Waals surface area contributed by atoms with Gasteiger partial charge in [-0.2, -0.15) is 36.0 Å². The van der Waals surface area contributed by atoms with Crippen LogP contribution in [0.5, 0.6) is 0 Å². The summed E-state index contributed by atoms with van der Waals surface area (Å²) in [5.41, 5.74) is 0.840. The summed E-state index contributed by atoms with van der Waals surface area (Å²) in [5, 5.41) is 2.97. The Hall–Kier alpha value is -1.39. The normalized spacial score (nSPS) is 13.4. The Morgan fingerprint density at radius 2 is 1.40 bits per heavy atom. The molecule has 0 fully saturated rings. The van der Waals surface area contributed by atoms with Gasteiger partial charge in [-0.05, 0) is 19.1 Å². The maximum atomic E-state index is 13.1. The van der Waals surface area contributed by atoms with Gasteiger partial charge in [0.15, 0.2) is 5.82 Å². The molecule has 0 unspecified atom stereocenters. The van der Waals surface area contributed by atoms with Crippen LogP contribution in [0.15, 0.2) is 12.1 Å². The third kappa shape index (κ3) is 3.22. The zero-order valence-electron chi connectivity index (χ0n) is 12.0. The van der Waals surface area contributed by atoms with Crippen LogP contribution < -0.4 is 5.73 Å². The fraction of sp³-hybridized carbons (Fsp3) is 0.333. The predicted octanol–water partition coefficient (Wildman–Crippen LogP) is 5.19. The van der Waals surface area contributed by atoms with Gasteiger partial charge in [0.05, 0.1) is 10.0 Å². The van der Waals surface area contributed by atoms with E-state index in [-0.39, 0.29) is 27.7 Å². The fourth-order valence-electron chi connectivity index (χ4n) is 1.85. The van der Waals surface area contributed by atoms with Crippen LogP contribution in [0.2, 0.25) is 15.1 Å². The van der Waals surface area contributed by atoms with E-state index >= 15 is 0 Å². The van der Waals surface area contributed by atoms with E-state index in [9.17, 15) is 26.3 Å². The molecule has 0 atom stereocenters. The minimum absolute atomic E-state index is 0.0861. The van der Waals surface area contributed by atoms with E-state index < -0.39 is 29.5 Å². The van der Waals surface area contributed by atoms with Gasteiger partial charge in [-0.3, -0.25) is 0 Å². The van der Waals surface area contributed by atoms with E-state index in [1.807, 2.05) is 0 Å². The first-order valence-electron chi connectivity index (χ1n) is 6.21. The Balaban J connectivity index is 2.73. The SMILES string of the molecule is CC(c1nc(N)n(-c2c(Cl)cc(Cl)cc2Cl)n1)(C(F)(F)F)C(F)(F)F. The molecule has 1 heterocycles. The number of alkyl halides is 6. The van der Waals surface area contributed by atoms with Crippen molar-refractivity contribution in [1.29, 1.82) is 0 Å². The predicted molar refractivity (Wildman–Crippen MR) is 80.3 cm³/mol. The Kier molecular flexibility index (Phi) is 4.86. The highest BCUT2D eigenvalue weighted by atomic mass is 35.5. The summed E-state index contributed by atoms with van der Waals surface area (Å²) in [6, 6.07) is 2.33. The number of anilines is 1. The van der Waals surface area contributed by atoms with Gasteiger partial charge in [-0.25, -0.2) is 0 Å². The molecule has 2 rings (SSSR count). The lowest BCUT2D eigenvalue weighted by Gasteiger charge is -2.31. The molecule has 0 aliphatic heterocycles. The molecule has 0 radical (unpaired) electrons. The molecule has 4 nitrogen and oxygen atoms in total. The van der Waals surface area contributed by atoms with Crippen LogP contribution in [0.3, 0.4) is 0 Å². The summed E-state index contributed by atoms with van der Waals surface area (Å²) in [6.45, 7) is -0.0861. The van der Waals surface area contributed by atoms with Gasteiger partial charge in [0.25, 0.3) is 0 Å². The van der Waals surface area contributed by atoms with Gasteiger partial charge >= 0.3 is 12.4 Å². The van der Waals surface area contributed by atoms with Crippen molar-refractivity contribution in [2.24, 2.45) is 0 Å². The number of benzene rings is 1. The first kappa shape index (κ1) is 19.9. The summed E-state index contributed by atoms with van der Waals surface area (Å²) in [6.07, 6.45) is -11.4. The van der Waals surface area contributed by atoms with E-state index in [0.717, 1.165) is 12.1 Å². The molecule has 0 saturated carbocycles. The molecule has 0 saturated heterocycles. The van der Waals surface area contributed by atoms with Gasteiger partial charge in [0.1, 0.15) is 5.69 Å². The highest BCUT2D eigenvalue weighted by Crippen LogP contribution is 2.51. The molecule has 138 valence electrons. The number of nitrogen functional groups attached to an aromatic ring is 1. The second-order valence-corrected chi connectivity index (χ2v) is 6.29. The number of hydrogen-bond donors (Lipinski definition) is 1. The van der Waals surface area contributed by atoms with Gasteiger partial charge in [0, 0.05) is 5.02 Å². The van der Waals surface area contributed by atoms with Crippen molar-refractivity contribution in [3.05, 3.63) is 33.0 Å². The quantitative estimate of drug-likeness (QED) is 0.671. The number of rotatable bonds is 2. The van der Waals surface area contributed by atoms with Crippen molar-refractivity contribution in [2.75, 3.05) is 5.73 Å². The average Bonchev–Trinajstić information content (AvgIpc) is 2.76. The summed E-state index contributed by atoms with van der Waals surface area (Å²) in [7, 11) is 0. The summed E-state index contributed by atoms with van der Waals surface area (Å²) >= 11 is 17.5. The largest absolute Gasteiger partial charge is 0.410 e. The molecule has 2 N–H and O–H groups in total. The van der Waals surface area contributed by atoms with Crippen molar-refractivity contribution in [3.63, 3.8) is 0 Å². The highest BCUT2D eigenvalue weighted by Gasteiger charge is 2.71. The second kappa shape index (κ2) is 6.10. The maximum Gasteiger partial charge on any atom is 0.410 e. The molecule has 1 aromatic heterocycles. The zero-order valence-corrected chi connectivity index (χ0v) is 14.2. The number of nitrogens with two attached hydrogens (primary N) is 1. The maximum absolute atomic E-state index is 13.1. The molecule has 0 aliphatic rings. The van der Waals surface area contributed by atoms with Gasteiger partial charge < -0.3 is 5.73 Å². The van der Waals surface area contributed by atoms with E-state index in [4.69, 9.17) is 40.5 Å². The van der Waals surface area contributed by atoms with Crippen LogP contribution in [-0.2, 0) is 5.41 Å². The number of aromatic nitrogens is 3. The molecule has 2 aromatic rings. The lowest BCUT2D eigenvalue weighted by Crippen LogP contribution is -2.52. The van der Waals surface area contributed by atoms with E-state index in [1.54, 1.807) is 0 Å². The van der Waals surface area contributed by atoms with Gasteiger partial charge in [0.2, 0.25) is 11.4 Å². The lowest BCUT2D eigenvalue weighted by atomic mass is 9.88.